The first-order chi connectivity index (χ1) is 16.2. The number of alkyl carbamates (subject to hydrolysis) is 1. The van der Waals surface area contributed by atoms with E-state index in [1.807, 2.05) is 62.4 Å². The first-order valence-corrected chi connectivity index (χ1v) is 11.4. The Morgan fingerprint density at radius 2 is 1.50 bits per heavy atom. The number of carbonyl (C=O) groups excluding carboxylic acids is 2. The molecule has 0 heterocycles. The summed E-state index contributed by atoms with van der Waals surface area (Å²) in [6.45, 7) is 5.45. The Kier molecular flexibility index (Phi) is 8.28. The lowest BCUT2D eigenvalue weighted by atomic mass is 9.98. The van der Waals surface area contributed by atoms with Gasteiger partial charge >= 0.3 is 12.1 Å². The lowest BCUT2D eigenvalue weighted by molar-refractivity contribution is -0.143. The predicted molar refractivity (Wildman–Crippen MR) is 127 cm³/mol. The van der Waals surface area contributed by atoms with Crippen LogP contribution in [0.15, 0.2) is 48.5 Å². The van der Waals surface area contributed by atoms with E-state index in [0.717, 1.165) is 22.3 Å². The quantitative estimate of drug-likeness (QED) is 0.491. The van der Waals surface area contributed by atoms with E-state index in [0.29, 0.717) is 0 Å². The number of methoxy groups -OCH3 is 1. The summed E-state index contributed by atoms with van der Waals surface area (Å²) in [6, 6.07) is 13.8. The summed E-state index contributed by atoms with van der Waals surface area (Å²) in [7, 11) is 1.41. The van der Waals surface area contributed by atoms with Gasteiger partial charge in [-0.3, -0.25) is 4.79 Å². The number of amides is 2. The SMILES string of the molecule is CO[C@H](C)[C@H](NC(=O)OCC1c2ccccc2-c2ccccc21)C(=O)N[C@H](CC(C)C)C(=O)O. The van der Waals surface area contributed by atoms with Crippen LogP contribution in [0.3, 0.4) is 0 Å². The highest BCUT2D eigenvalue weighted by molar-refractivity contribution is 5.89. The summed E-state index contributed by atoms with van der Waals surface area (Å²) in [5.41, 5.74) is 4.38. The zero-order valence-electron chi connectivity index (χ0n) is 19.9. The van der Waals surface area contributed by atoms with E-state index < -0.39 is 36.2 Å². The molecule has 0 saturated carbocycles. The van der Waals surface area contributed by atoms with E-state index in [1.54, 1.807) is 6.92 Å². The third-order valence-corrected chi connectivity index (χ3v) is 6.06. The molecule has 0 unspecified atom stereocenters. The number of rotatable bonds is 10. The van der Waals surface area contributed by atoms with Crippen LogP contribution in [-0.2, 0) is 19.1 Å². The van der Waals surface area contributed by atoms with Crippen molar-refractivity contribution in [2.75, 3.05) is 13.7 Å². The van der Waals surface area contributed by atoms with Gasteiger partial charge in [0.05, 0.1) is 6.10 Å². The maximum atomic E-state index is 12.8. The van der Waals surface area contributed by atoms with Crippen molar-refractivity contribution in [1.82, 2.24) is 10.6 Å². The van der Waals surface area contributed by atoms with Gasteiger partial charge in [0.25, 0.3) is 0 Å². The standard InChI is InChI=1S/C26H32N2O6/c1-15(2)13-22(25(30)31)27-24(29)23(16(3)33-4)28-26(32)34-14-21-19-11-7-5-9-17(19)18-10-6-8-12-20(18)21/h5-12,15-16,21-23H,13-14H2,1-4H3,(H,27,29)(H,28,32)(H,30,31)/t16-,22-,23+/m1/s1. The second-order valence-corrected chi connectivity index (χ2v) is 8.92. The summed E-state index contributed by atoms with van der Waals surface area (Å²) in [4.78, 5) is 37.1. The van der Waals surface area contributed by atoms with Gasteiger partial charge in [-0.1, -0.05) is 62.4 Å². The van der Waals surface area contributed by atoms with Crippen molar-refractivity contribution in [3.8, 4) is 11.1 Å². The number of carboxylic acids is 1. The monoisotopic (exact) mass is 468 g/mol. The van der Waals surface area contributed by atoms with Gasteiger partial charge in [-0.05, 0) is 41.5 Å². The summed E-state index contributed by atoms with van der Waals surface area (Å²) < 4.78 is 10.8. The van der Waals surface area contributed by atoms with Crippen LogP contribution in [0.25, 0.3) is 11.1 Å². The molecular weight excluding hydrogens is 436 g/mol. The number of aliphatic carboxylic acids is 1. The van der Waals surface area contributed by atoms with Crippen LogP contribution in [0.4, 0.5) is 4.79 Å². The van der Waals surface area contributed by atoms with E-state index in [4.69, 9.17) is 9.47 Å². The molecule has 1 aliphatic carbocycles. The van der Waals surface area contributed by atoms with Crippen LogP contribution in [-0.4, -0.2) is 55.0 Å². The zero-order chi connectivity index (χ0) is 24.8. The molecule has 2 amide bonds. The summed E-state index contributed by atoms with van der Waals surface area (Å²) in [5, 5.41) is 14.5. The first kappa shape index (κ1) is 25.2. The van der Waals surface area contributed by atoms with Gasteiger partial charge in [0.2, 0.25) is 5.91 Å². The molecule has 0 bridgehead atoms. The average Bonchev–Trinajstić information content (AvgIpc) is 3.13. The van der Waals surface area contributed by atoms with Crippen LogP contribution in [0.5, 0.6) is 0 Å². The molecule has 0 fully saturated rings. The number of hydrogen-bond acceptors (Lipinski definition) is 5. The fraction of sp³-hybridized carbons (Fsp3) is 0.423. The van der Waals surface area contributed by atoms with Crippen molar-refractivity contribution in [3.05, 3.63) is 59.7 Å². The van der Waals surface area contributed by atoms with E-state index in [1.165, 1.54) is 7.11 Å². The van der Waals surface area contributed by atoms with E-state index in [9.17, 15) is 19.5 Å². The molecule has 8 heteroatoms. The third kappa shape index (κ3) is 5.75. The van der Waals surface area contributed by atoms with Crippen molar-refractivity contribution >= 4 is 18.0 Å². The average molecular weight is 469 g/mol. The highest BCUT2D eigenvalue weighted by Crippen LogP contribution is 2.44. The van der Waals surface area contributed by atoms with E-state index >= 15 is 0 Å². The van der Waals surface area contributed by atoms with Gasteiger partial charge in [-0.15, -0.1) is 0 Å². The second-order valence-electron chi connectivity index (χ2n) is 8.92. The van der Waals surface area contributed by atoms with Gasteiger partial charge < -0.3 is 25.2 Å². The smallest absolute Gasteiger partial charge is 0.407 e. The normalized spacial score (nSPS) is 15.1. The lowest BCUT2D eigenvalue weighted by Crippen LogP contribution is -2.56. The molecule has 0 aromatic heterocycles. The maximum Gasteiger partial charge on any atom is 0.407 e. The Hall–Kier alpha value is -3.39. The van der Waals surface area contributed by atoms with Crippen molar-refractivity contribution in [2.45, 2.75) is 51.3 Å². The van der Waals surface area contributed by atoms with Gasteiger partial charge in [0, 0.05) is 13.0 Å². The molecule has 3 N–H and O–H groups in total. The Labute approximate surface area is 199 Å². The zero-order valence-corrected chi connectivity index (χ0v) is 19.9. The largest absolute Gasteiger partial charge is 0.480 e. The van der Waals surface area contributed by atoms with Gasteiger partial charge in [0.15, 0.2) is 0 Å². The number of nitrogens with one attached hydrogen (secondary N) is 2. The summed E-state index contributed by atoms with van der Waals surface area (Å²) in [5.74, 6) is -1.83. The highest BCUT2D eigenvalue weighted by Gasteiger charge is 2.33. The topological polar surface area (TPSA) is 114 Å². The molecule has 2 aromatic carbocycles. The number of carbonyl (C=O) groups is 3. The summed E-state index contributed by atoms with van der Waals surface area (Å²) in [6.07, 6.45) is -1.21. The first-order valence-electron chi connectivity index (χ1n) is 11.4. The molecule has 182 valence electrons. The lowest BCUT2D eigenvalue weighted by Gasteiger charge is -2.25. The van der Waals surface area contributed by atoms with Crippen molar-refractivity contribution in [1.29, 1.82) is 0 Å². The fourth-order valence-corrected chi connectivity index (χ4v) is 4.25. The molecule has 1 aliphatic rings. The number of carboxylic acid groups (broad SMARTS) is 1. The second kappa shape index (κ2) is 11.2. The highest BCUT2D eigenvalue weighted by atomic mass is 16.5. The van der Waals surface area contributed by atoms with Crippen molar-refractivity contribution < 1.29 is 29.0 Å². The maximum absolute atomic E-state index is 12.8. The molecule has 2 aromatic rings. The Morgan fingerprint density at radius 1 is 0.941 bits per heavy atom. The minimum Gasteiger partial charge on any atom is -0.480 e. The van der Waals surface area contributed by atoms with Gasteiger partial charge in [-0.2, -0.15) is 0 Å². The number of hydrogen-bond donors (Lipinski definition) is 3. The Balaban J connectivity index is 1.68. The molecule has 8 nitrogen and oxygen atoms in total. The van der Waals surface area contributed by atoms with Gasteiger partial charge in [-0.25, -0.2) is 9.59 Å². The minimum atomic E-state index is -1.13. The molecule has 0 radical (unpaired) electrons. The molecular formula is C26H32N2O6. The van der Waals surface area contributed by atoms with Crippen LogP contribution in [0, 0.1) is 5.92 Å². The minimum absolute atomic E-state index is 0.0646. The number of benzene rings is 2. The Morgan fingerprint density at radius 3 is 2.00 bits per heavy atom. The van der Waals surface area contributed by atoms with Crippen LogP contribution >= 0.6 is 0 Å². The van der Waals surface area contributed by atoms with Crippen molar-refractivity contribution in [3.63, 3.8) is 0 Å². The van der Waals surface area contributed by atoms with E-state index in [2.05, 4.69) is 10.6 Å². The molecule has 3 rings (SSSR count). The molecule has 34 heavy (non-hydrogen) atoms. The predicted octanol–water partition coefficient (Wildman–Crippen LogP) is 3.54. The molecule has 0 spiro atoms. The van der Waals surface area contributed by atoms with Crippen LogP contribution < -0.4 is 10.6 Å². The van der Waals surface area contributed by atoms with Crippen LogP contribution in [0.2, 0.25) is 0 Å². The molecule has 3 atom stereocenters. The van der Waals surface area contributed by atoms with E-state index in [-0.39, 0.29) is 24.9 Å². The number of fused-ring (bicyclic) bond motifs is 3. The molecule has 0 aliphatic heterocycles. The fourth-order valence-electron chi connectivity index (χ4n) is 4.25. The summed E-state index contributed by atoms with van der Waals surface area (Å²) >= 11 is 0. The van der Waals surface area contributed by atoms with Gasteiger partial charge in [0.1, 0.15) is 18.7 Å². The van der Waals surface area contributed by atoms with Crippen molar-refractivity contribution in [2.24, 2.45) is 5.92 Å². The molecule has 0 saturated heterocycles. The third-order valence-electron chi connectivity index (χ3n) is 6.06. The van der Waals surface area contributed by atoms with Crippen LogP contribution in [0.1, 0.15) is 44.2 Å². The number of ether oxygens (including phenoxy) is 2. The Bertz CT molecular complexity index is 992.